The fourth-order valence-electron chi connectivity index (χ4n) is 3.95. The van der Waals surface area contributed by atoms with Gasteiger partial charge in [-0.25, -0.2) is 9.13 Å². The second-order valence-corrected chi connectivity index (χ2v) is 7.55. The van der Waals surface area contributed by atoms with Gasteiger partial charge in [-0.05, 0) is 44.9 Å². The monoisotopic (exact) mass is 395 g/mol. The Hall–Kier alpha value is -2.59. The number of fused-ring (bicyclic) bond motifs is 1. The lowest BCUT2D eigenvalue weighted by Crippen LogP contribution is -3.00. The highest BCUT2D eigenvalue weighted by Crippen LogP contribution is 2.28. The number of amides is 1. The van der Waals surface area contributed by atoms with Gasteiger partial charge in [-0.3, -0.25) is 4.79 Å². The summed E-state index contributed by atoms with van der Waals surface area (Å²) in [6.07, 6.45) is 4.29. The van der Waals surface area contributed by atoms with E-state index in [9.17, 15) is 4.79 Å². The first-order valence-electron chi connectivity index (χ1n) is 9.57. The van der Waals surface area contributed by atoms with Crippen LogP contribution in [-0.2, 0) is 24.3 Å². The Morgan fingerprint density at radius 1 is 1.07 bits per heavy atom. The van der Waals surface area contributed by atoms with E-state index in [1.54, 1.807) is 0 Å². The maximum Gasteiger partial charge on any atom is 0.266 e. The average Bonchev–Trinajstić information content (AvgIpc) is 3.21. The number of benzene rings is 2. The Balaban J connectivity index is 0.00000225. The minimum atomic E-state index is 0. The number of nitrogens with zero attached hydrogens (tertiary/aromatic N) is 2. The van der Waals surface area contributed by atoms with Crippen molar-refractivity contribution in [3.63, 3.8) is 0 Å². The predicted octanol–water partition coefficient (Wildman–Crippen LogP) is 0.957. The zero-order valence-electron chi connectivity index (χ0n) is 16.6. The molecule has 4 rings (SSSR count). The molecule has 0 spiro atoms. The van der Waals surface area contributed by atoms with Gasteiger partial charge in [-0.2, -0.15) is 0 Å². The van der Waals surface area contributed by atoms with E-state index >= 15 is 0 Å². The minimum absolute atomic E-state index is 0. The molecule has 0 unspecified atom stereocenters. The second kappa shape index (κ2) is 8.19. The van der Waals surface area contributed by atoms with Crippen molar-refractivity contribution in [1.29, 1.82) is 0 Å². The van der Waals surface area contributed by atoms with Crippen LogP contribution in [0.1, 0.15) is 28.9 Å². The molecule has 1 aromatic heterocycles. The Morgan fingerprint density at radius 2 is 1.79 bits per heavy atom. The fourth-order valence-corrected chi connectivity index (χ4v) is 3.95. The summed E-state index contributed by atoms with van der Waals surface area (Å²) in [6.45, 7) is 7.68. The quantitative estimate of drug-likeness (QED) is 0.656. The highest BCUT2D eigenvalue weighted by Gasteiger charge is 2.30. The normalized spacial score (nSPS) is 12.4. The van der Waals surface area contributed by atoms with Crippen molar-refractivity contribution >= 4 is 11.6 Å². The van der Waals surface area contributed by atoms with E-state index in [0.717, 1.165) is 25.1 Å². The number of imidazole rings is 1. The Kier molecular flexibility index (Phi) is 5.90. The van der Waals surface area contributed by atoms with Crippen molar-refractivity contribution in [1.82, 2.24) is 4.57 Å². The van der Waals surface area contributed by atoms with Crippen molar-refractivity contribution < 1.29 is 21.8 Å². The number of hydrogen-bond acceptors (Lipinski definition) is 1. The maximum absolute atomic E-state index is 12.6. The molecule has 28 heavy (non-hydrogen) atoms. The van der Waals surface area contributed by atoms with Crippen molar-refractivity contribution in [2.45, 2.75) is 46.7 Å². The molecule has 1 aliphatic heterocycles. The molecule has 2 aromatic carbocycles. The molecule has 3 aromatic rings. The highest BCUT2D eigenvalue weighted by atomic mass is 35.5. The van der Waals surface area contributed by atoms with Gasteiger partial charge in [-0.1, -0.05) is 41.5 Å². The van der Waals surface area contributed by atoms with Crippen LogP contribution in [0.4, 0.5) is 5.69 Å². The molecule has 0 fully saturated rings. The van der Waals surface area contributed by atoms with Gasteiger partial charge < -0.3 is 17.7 Å². The Bertz CT molecular complexity index is 1010. The maximum atomic E-state index is 12.6. The van der Waals surface area contributed by atoms with Crippen LogP contribution >= 0.6 is 0 Å². The lowest BCUT2D eigenvalue weighted by atomic mass is 10.0. The zero-order valence-corrected chi connectivity index (χ0v) is 17.4. The van der Waals surface area contributed by atoms with E-state index in [2.05, 4.69) is 52.7 Å². The van der Waals surface area contributed by atoms with Crippen LogP contribution in [0.3, 0.4) is 0 Å². The largest absolute Gasteiger partial charge is 1.00 e. The Labute approximate surface area is 172 Å². The summed E-state index contributed by atoms with van der Waals surface area (Å²) < 4.78 is 4.49. The summed E-state index contributed by atoms with van der Waals surface area (Å²) in [7, 11) is 0. The molecule has 5 heteroatoms. The van der Waals surface area contributed by atoms with Crippen molar-refractivity contribution in [2.24, 2.45) is 0 Å². The third-order valence-corrected chi connectivity index (χ3v) is 5.30. The molecule has 0 aliphatic carbocycles. The van der Waals surface area contributed by atoms with Crippen molar-refractivity contribution in [3.8, 4) is 11.3 Å². The first-order valence-corrected chi connectivity index (χ1v) is 9.57. The van der Waals surface area contributed by atoms with E-state index < -0.39 is 0 Å². The number of aryl methyl sites for hydroxylation is 3. The zero-order chi connectivity index (χ0) is 19.0. The number of carbonyl (C=O) groups is 1. The van der Waals surface area contributed by atoms with Crippen LogP contribution in [0.15, 0.2) is 48.7 Å². The summed E-state index contributed by atoms with van der Waals surface area (Å²) in [6, 6.07) is 14.5. The molecule has 2 heterocycles. The van der Waals surface area contributed by atoms with Crippen LogP contribution in [0.5, 0.6) is 0 Å². The van der Waals surface area contributed by atoms with Gasteiger partial charge in [0, 0.05) is 11.3 Å². The number of halogens is 1. The van der Waals surface area contributed by atoms with E-state index in [4.69, 9.17) is 0 Å². The summed E-state index contributed by atoms with van der Waals surface area (Å²) >= 11 is 0. The number of rotatable bonds is 4. The van der Waals surface area contributed by atoms with E-state index in [-0.39, 0.29) is 18.3 Å². The Morgan fingerprint density at radius 3 is 2.50 bits per heavy atom. The van der Waals surface area contributed by atoms with Crippen molar-refractivity contribution in [2.75, 3.05) is 5.32 Å². The SMILES string of the molecule is Cc1ccc(NC(=O)C[n+]2cc(-c3ccc(C)cc3C)n3c2CCC3)cc1.[Cl-]. The smallest absolute Gasteiger partial charge is 0.266 e. The van der Waals surface area contributed by atoms with Gasteiger partial charge in [0.05, 0.1) is 13.0 Å². The van der Waals surface area contributed by atoms with Crippen LogP contribution in [-0.4, -0.2) is 10.5 Å². The molecule has 1 aliphatic rings. The molecule has 0 saturated carbocycles. The lowest BCUT2D eigenvalue weighted by Gasteiger charge is -2.04. The van der Waals surface area contributed by atoms with Gasteiger partial charge in [0.2, 0.25) is 0 Å². The molecule has 146 valence electrons. The number of aromatic nitrogens is 2. The fraction of sp³-hybridized carbons (Fsp3) is 0.304. The number of anilines is 1. The summed E-state index contributed by atoms with van der Waals surface area (Å²) in [5.41, 5.74) is 7.04. The molecular formula is C23H26ClN3O. The average molecular weight is 396 g/mol. The van der Waals surface area contributed by atoms with Gasteiger partial charge >= 0.3 is 0 Å². The van der Waals surface area contributed by atoms with E-state index in [0.29, 0.717) is 6.54 Å². The lowest BCUT2D eigenvalue weighted by molar-refractivity contribution is -0.690. The first kappa shape index (κ1) is 20.2. The number of carbonyl (C=O) groups excluding carboxylic acids is 1. The topological polar surface area (TPSA) is 37.9 Å². The third-order valence-electron chi connectivity index (χ3n) is 5.30. The second-order valence-electron chi connectivity index (χ2n) is 7.55. The molecule has 0 bridgehead atoms. The molecule has 0 radical (unpaired) electrons. The van der Waals surface area contributed by atoms with E-state index in [1.165, 1.54) is 33.8 Å². The van der Waals surface area contributed by atoms with Gasteiger partial charge in [-0.15, -0.1) is 0 Å². The van der Waals surface area contributed by atoms with Crippen LogP contribution in [0.2, 0.25) is 0 Å². The number of hydrogen-bond donors (Lipinski definition) is 1. The standard InChI is InChI=1S/C23H25N3O.ClH/c1-16-6-9-19(10-7-16)24-22(27)15-25-14-21(26-12-4-5-23(25)26)20-11-8-17(2)13-18(20)3;/h6-11,13-14H,4-5,12,15H2,1-3H3;1H. The predicted molar refractivity (Wildman–Crippen MR) is 108 cm³/mol. The van der Waals surface area contributed by atoms with Gasteiger partial charge in [0.15, 0.2) is 12.2 Å². The molecule has 0 saturated heterocycles. The van der Waals surface area contributed by atoms with Crippen LogP contribution < -0.4 is 22.3 Å². The molecule has 1 N–H and O–H groups in total. The minimum Gasteiger partial charge on any atom is -1.00 e. The molecular weight excluding hydrogens is 370 g/mol. The summed E-state index contributed by atoms with van der Waals surface area (Å²) in [4.78, 5) is 12.6. The van der Waals surface area contributed by atoms with Crippen molar-refractivity contribution in [3.05, 3.63) is 71.2 Å². The van der Waals surface area contributed by atoms with E-state index in [1.807, 2.05) is 31.2 Å². The van der Waals surface area contributed by atoms with Gasteiger partial charge in [0.25, 0.3) is 11.7 Å². The number of nitrogens with one attached hydrogen (secondary N) is 1. The summed E-state index contributed by atoms with van der Waals surface area (Å²) in [5, 5.41) is 3.01. The van der Waals surface area contributed by atoms with Crippen LogP contribution in [0, 0.1) is 20.8 Å². The first-order chi connectivity index (χ1) is 13.0. The van der Waals surface area contributed by atoms with Crippen LogP contribution in [0.25, 0.3) is 11.3 Å². The highest BCUT2D eigenvalue weighted by molar-refractivity contribution is 5.89. The van der Waals surface area contributed by atoms with Gasteiger partial charge in [0.1, 0.15) is 6.20 Å². The molecule has 0 atom stereocenters. The molecule has 4 nitrogen and oxygen atoms in total. The third kappa shape index (κ3) is 3.97. The molecule has 1 amide bonds. The summed E-state index contributed by atoms with van der Waals surface area (Å²) in [5.74, 6) is 1.25.